The van der Waals surface area contributed by atoms with Crippen LogP contribution in [0.25, 0.3) is 0 Å². The summed E-state index contributed by atoms with van der Waals surface area (Å²) in [6.45, 7) is -0.626. The van der Waals surface area contributed by atoms with Crippen molar-refractivity contribution in [1.29, 1.82) is 0 Å². The van der Waals surface area contributed by atoms with Gasteiger partial charge in [-0.2, -0.15) is 17.5 Å². The SMILES string of the molecule is [2H]C1(C(F)(F)F)CCN(S(=O)(=O)c2ccccc2Br)CC1. The molecule has 0 spiro atoms. The first-order valence-electron chi connectivity index (χ1n) is 6.39. The molecule has 0 aromatic heterocycles. The van der Waals surface area contributed by atoms with Crippen LogP contribution in [0, 0.1) is 5.89 Å². The van der Waals surface area contributed by atoms with Crippen LogP contribution < -0.4 is 0 Å². The zero-order valence-corrected chi connectivity index (χ0v) is 12.7. The molecule has 1 saturated heterocycles. The molecule has 0 bridgehead atoms. The van der Waals surface area contributed by atoms with Crippen molar-refractivity contribution in [2.45, 2.75) is 23.9 Å². The van der Waals surface area contributed by atoms with Gasteiger partial charge >= 0.3 is 6.18 Å². The third kappa shape index (κ3) is 3.17. The van der Waals surface area contributed by atoms with Gasteiger partial charge in [0, 0.05) is 18.9 Å². The van der Waals surface area contributed by atoms with E-state index in [4.69, 9.17) is 1.37 Å². The van der Waals surface area contributed by atoms with Crippen LogP contribution in [0.5, 0.6) is 0 Å². The highest BCUT2D eigenvalue weighted by Gasteiger charge is 2.43. The van der Waals surface area contributed by atoms with E-state index >= 15 is 0 Å². The van der Waals surface area contributed by atoms with Crippen molar-refractivity contribution in [3.63, 3.8) is 0 Å². The third-order valence-electron chi connectivity index (χ3n) is 3.18. The molecule has 1 aromatic rings. The summed E-state index contributed by atoms with van der Waals surface area (Å²) >= 11 is 3.13. The molecule has 0 aliphatic carbocycles. The molecule has 0 atom stereocenters. The van der Waals surface area contributed by atoms with E-state index in [1.807, 2.05) is 0 Å². The largest absolute Gasteiger partial charge is 0.391 e. The van der Waals surface area contributed by atoms with Crippen LogP contribution in [0.3, 0.4) is 0 Å². The fourth-order valence-corrected chi connectivity index (χ4v) is 4.48. The number of sulfonamides is 1. The van der Waals surface area contributed by atoms with Gasteiger partial charge in [0.15, 0.2) is 0 Å². The highest BCUT2D eigenvalue weighted by molar-refractivity contribution is 9.10. The lowest BCUT2D eigenvalue weighted by atomic mass is 9.98. The van der Waals surface area contributed by atoms with E-state index in [2.05, 4.69) is 15.9 Å². The molecule has 20 heavy (non-hydrogen) atoms. The zero-order valence-electron chi connectivity index (χ0n) is 11.3. The summed E-state index contributed by atoms with van der Waals surface area (Å²) in [5.41, 5.74) is 0. The predicted octanol–water partition coefficient (Wildman–Crippen LogP) is 3.41. The Bertz CT molecular complexity index is 628. The van der Waals surface area contributed by atoms with Crippen molar-refractivity contribution in [3.8, 4) is 0 Å². The predicted molar refractivity (Wildman–Crippen MR) is 71.7 cm³/mol. The zero-order chi connectivity index (χ0) is 15.9. The first-order valence-corrected chi connectivity index (χ1v) is 8.13. The van der Waals surface area contributed by atoms with Crippen molar-refractivity contribution in [1.82, 2.24) is 4.31 Å². The molecule has 0 unspecified atom stereocenters. The molecule has 1 heterocycles. The fraction of sp³-hybridized carbons (Fsp3) is 0.500. The number of alkyl halides is 3. The Morgan fingerprint density at radius 3 is 2.30 bits per heavy atom. The number of piperidine rings is 1. The molecule has 1 aromatic carbocycles. The Kier molecular flexibility index (Phi) is 4.05. The lowest BCUT2D eigenvalue weighted by Gasteiger charge is -2.32. The van der Waals surface area contributed by atoms with E-state index in [1.54, 1.807) is 18.2 Å². The van der Waals surface area contributed by atoms with E-state index in [0.29, 0.717) is 4.47 Å². The highest BCUT2D eigenvalue weighted by atomic mass is 79.9. The molecule has 1 aliphatic heterocycles. The second-order valence-corrected chi connectivity index (χ2v) is 7.20. The van der Waals surface area contributed by atoms with E-state index in [9.17, 15) is 21.6 Å². The minimum absolute atomic E-state index is 0.0227. The summed E-state index contributed by atoms with van der Waals surface area (Å²) in [4.78, 5) is 0.0227. The van der Waals surface area contributed by atoms with Crippen LogP contribution in [0.1, 0.15) is 14.2 Å². The molecule has 1 fully saturated rings. The smallest absolute Gasteiger partial charge is 0.207 e. The summed E-state index contributed by atoms with van der Waals surface area (Å²) in [5, 5.41) is 0. The van der Waals surface area contributed by atoms with Crippen molar-refractivity contribution in [3.05, 3.63) is 28.7 Å². The number of halogens is 4. The molecule has 2 rings (SSSR count). The van der Waals surface area contributed by atoms with Gasteiger partial charge in [-0.25, -0.2) is 8.42 Å². The standard InChI is InChI=1S/C12H13BrF3NO2S/c13-10-3-1-2-4-11(10)20(18,19)17-7-5-9(6-8-17)12(14,15)16/h1-4,9H,5-8H2/i9D. The maximum atomic E-state index is 12.8. The summed E-state index contributed by atoms with van der Waals surface area (Å²) in [7, 11) is -3.85. The van der Waals surface area contributed by atoms with Crippen molar-refractivity contribution < 1.29 is 23.0 Å². The summed E-state index contributed by atoms with van der Waals surface area (Å²) in [5.74, 6) is -2.56. The van der Waals surface area contributed by atoms with Crippen molar-refractivity contribution in [2.75, 3.05) is 13.1 Å². The first-order chi connectivity index (χ1) is 9.58. The van der Waals surface area contributed by atoms with Gasteiger partial charge in [-0.05, 0) is 40.9 Å². The molecule has 3 nitrogen and oxygen atoms in total. The maximum Gasteiger partial charge on any atom is 0.391 e. The Morgan fingerprint density at radius 1 is 1.25 bits per heavy atom. The molecule has 0 radical (unpaired) electrons. The van der Waals surface area contributed by atoms with E-state index in [1.165, 1.54) is 6.07 Å². The molecule has 0 amide bonds. The fourth-order valence-electron chi connectivity index (χ4n) is 2.07. The van der Waals surface area contributed by atoms with Gasteiger partial charge in [0.1, 0.15) is 0 Å². The second kappa shape index (κ2) is 5.65. The molecule has 8 heteroatoms. The van der Waals surface area contributed by atoms with E-state index < -0.39 is 34.9 Å². The number of nitrogens with zero attached hydrogens (tertiary/aromatic N) is 1. The summed E-state index contributed by atoms with van der Waals surface area (Å²) in [6.07, 6.45) is -5.75. The van der Waals surface area contributed by atoms with Crippen LogP contribution in [0.4, 0.5) is 13.2 Å². The average Bonchev–Trinajstić information content (AvgIpc) is 2.38. The van der Waals surface area contributed by atoms with Gasteiger partial charge in [-0.15, -0.1) is 0 Å². The van der Waals surface area contributed by atoms with Crippen LogP contribution in [0.15, 0.2) is 33.6 Å². The average molecular weight is 373 g/mol. The summed E-state index contributed by atoms with van der Waals surface area (Å²) in [6, 6.07) is 6.15. The Balaban J connectivity index is 2.21. The molecule has 1 aliphatic rings. The number of hydrogen-bond donors (Lipinski definition) is 0. The molecular formula is C12H13BrF3NO2S. The normalized spacial score (nSPS) is 21.5. The topological polar surface area (TPSA) is 37.4 Å². The van der Waals surface area contributed by atoms with E-state index in [-0.39, 0.29) is 18.0 Å². The van der Waals surface area contributed by atoms with Crippen LogP contribution in [0.2, 0.25) is 0 Å². The Morgan fingerprint density at radius 2 is 1.80 bits per heavy atom. The van der Waals surface area contributed by atoms with Gasteiger partial charge in [0.25, 0.3) is 0 Å². The third-order valence-corrected chi connectivity index (χ3v) is 6.09. The molecule has 112 valence electrons. The van der Waals surface area contributed by atoms with Gasteiger partial charge in [-0.1, -0.05) is 12.1 Å². The highest BCUT2D eigenvalue weighted by Crippen LogP contribution is 2.36. The maximum absolute atomic E-state index is 12.8. The molecule has 0 saturated carbocycles. The van der Waals surface area contributed by atoms with Crippen LogP contribution in [-0.4, -0.2) is 32.0 Å². The first kappa shape index (κ1) is 14.3. The Hall–Kier alpha value is -0.600. The van der Waals surface area contributed by atoms with Crippen LogP contribution >= 0.6 is 15.9 Å². The number of rotatable bonds is 2. The molecule has 0 N–H and O–H groups in total. The molecular weight excluding hydrogens is 359 g/mol. The van der Waals surface area contributed by atoms with Gasteiger partial charge in [-0.3, -0.25) is 0 Å². The van der Waals surface area contributed by atoms with E-state index in [0.717, 1.165) is 4.31 Å². The van der Waals surface area contributed by atoms with Gasteiger partial charge in [0.05, 0.1) is 10.8 Å². The lowest BCUT2D eigenvalue weighted by Crippen LogP contribution is -2.42. The number of benzene rings is 1. The quantitative estimate of drug-likeness (QED) is 0.797. The lowest BCUT2D eigenvalue weighted by molar-refractivity contribution is -0.182. The van der Waals surface area contributed by atoms with Crippen molar-refractivity contribution in [2.24, 2.45) is 5.89 Å². The Labute approximate surface area is 125 Å². The van der Waals surface area contributed by atoms with Crippen molar-refractivity contribution >= 4 is 26.0 Å². The second-order valence-electron chi connectivity index (χ2n) is 4.44. The minimum atomic E-state index is -4.64. The summed E-state index contributed by atoms with van der Waals surface area (Å²) < 4.78 is 72.0. The number of hydrogen-bond acceptors (Lipinski definition) is 2. The minimum Gasteiger partial charge on any atom is -0.207 e. The van der Waals surface area contributed by atoms with Gasteiger partial charge < -0.3 is 0 Å². The monoisotopic (exact) mass is 372 g/mol. The van der Waals surface area contributed by atoms with Gasteiger partial charge in [0.2, 0.25) is 10.0 Å². The van der Waals surface area contributed by atoms with Crippen LogP contribution in [-0.2, 0) is 10.0 Å².